The van der Waals surface area contributed by atoms with Crippen LogP contribution in [-0.4, -0.2) is 80.6 Å². The third-order valence-electron chi connectivity index (χ3n) is 6.06. The van der Waals surface area contributed by atoms with Gasteiger partial charge in [-0.2, -0.15) is 0 Å². The molecule has 36 heavy (non-hydrogen) atoms. The molecule has 1 fully saturated rings. The number of nitrogens with one attached hydrogen (secondary N) is 2. The van der Waals surface area contributed by atoms with Gasteiger partial charge in [-0.25, -0.2) is 4.79 Å². The second-order valence-electron chi connectivity index (χ2n) is 9.23. The van der Waals surface area contributed by atoms with Gasteiger partial charge in [-0.15, -0.1) is 0 Å². The van der Waals surface area contributed by atoms with E-state index in [2.05, 4.69) is 10.6 Å². The minimum atomic E-state index is -1.40. The Bertz CT molecular complexity index is 965. The van der Waals surface area contributed by atoms with Gasteiger partial charge in [0.25, 0.3) is 0 Å². The zero-order valence-corrected chi connectivity index (χ0v) is 20.3. The molecule has 0 aliphatic carbocycles. The van der Waals surface area contributed by atoms with Gasteiger partial charge in [0, 0.05) is 13.0 Å². The van der Waals surface area contributed by atoms with Crippen LogP contribution in [0.4, 0.5) is 0 Å². The summed E-state index contributed by atoms with van der Waals surface area (Å²) in [5.41, 5.74) is 6.77. The first-order valence-corrected chi connectivity index (χ1v) is 11.8. The summed E-state index contributed by atoms with van der Waals surface area (Å²) in [6.45, 7) is 3.74. The molecule has 1 aromatic carbocycles. The molecule has 1 aliphatic heterocycles. The Morgan fingerprint density at radius 3 is 2.28 bits per heavy atom. The Hall–Kier alpha value is -3.67. The van der Waals surface area contributed by atoms with Gasteiger partial charge in [0.05, 0.1) is 6.04 Å². The number of carbonyl (C=O) groups excluding carboxylic acids is 3. The fourth-order valence-corrected chi connectivity index (χ4v) is 4.03. The number of hydrogen-bond acceptors (Lipinski definition) is 7. The molecule has 0 aromatic heterocycles. The van der Waals surface area contributed by atoms with Crippen LogP contribution in [0.1, 0.15) is 45.1 Å². The van der Waals surface area contributed by atoms with E-state index < -0.39 is 60.2 Å². The number of phenols is 1. The number of nitrogens with zero attached hydrogens (tertiary/aromatic N) is 1. The predicted molar refractivity (Wildman–Crippen MR) is 128 cm³/mol. The van der Waals surface area contributed by atoms with E-state index in [4.69, 9.17) is 10.8 Å². The van der Waals surface area contributed by atoms with E-state index in [1.54, 1.807) is 26.0 Å². The molecule has 0 saturated carbocycles. The van der Waals surface area contributed by atoms with Gasteiger partial charge >= 0.3 is 11.9 Å². The summed E-state index contributed by atoms with van der Waals surface area (Å²) >= 11 is 0. The molecule has 1 aromatic rings. The van der Waals surface area contributed by atoms with Crippen LogP contribution in [0, 0.1) is 5.92 Å². The summed E-state index contributed by atoms with van der Waals surface area (Å²) in [4.78, 5) is 62.5. The SMILES string of the molecule is CC(C)C(NC(=O)C(N)Cc1ccc(O)cc1)C(=O)N1CCCC1C(=O)NC(CCC(=O)O)C(=O)O. The lowest BCUT2D eigenvalue weighted by atomic mass is 10.00. The van der Waals surface area contributed by atoms with Gasteiger partial charge < -0.3 is 36.6 Å². The Balaban J connectivity index is 2.06. The zero-order valence-electron chi connectivity index (χ0n) is 20.3. The molecule has 12 nitrogen and oxygen atoms in total. The van der Waals surface area contributed by atoms with Crippen molar-refractivity contribution in [2.45, 2.75) is 70.1 Å². The average molecular weight is 507 g/mol. The lowest BCUT2D eigenvalue weighted by molar-refractivity contribution is -0.145. The van der Waals surface area contributed by atoms with Crippen LogP contribution in [0.5, 0.6) is 5.75 Å². The van der Waals surface area contributed by atoms with Crippen LogP contribution in [0.25, 0.3) is 0 Å². The number of amides is 3. The third kappa shape index (κ3) is 7.94. The third-order valence-corrected chi connectivity index (χ3v) is 6.06. The molecule has 4 unspecified atom stereocenters. The first-order chi connectivity index (χ1) is 16.9. The molecule has 3 amide bonds. The van der Waals surface area contributed by atoms with Crippen molar-refractivity contribution in [1.29, 1.82) is 0 Å². The van der Waals surface area contributed by atoms with Gasteiger partial charge in [0.1, 0.15) is 23.9 Å². The molecule has 0 spiro atoms. The number of aliphatic carboxylic acids is 2. The van der Waals surface area contributed by atoms with Crippen LogP contribution in [0.15, 0.2) is 24.3 Å². The number of likely N-dealkylation sites (tertiary alicyclic amines) is 1. The van der Waals surface area contributed by atoms with Crippen molar-refractivity contribution in [3.05, 3.63) is 29.8 Å². The van der Waals surface area contributed by atoms with Crippen molar-refractivity contribution >= 4 is 29.7 Å². The van der Waals surface area contributed by atoms with Crippen molar-refractivity contribution in [2.75, 3.05) is 6.54 Å². The molecule has 198 valence electrons. The van der Waals surface area contributed by atoms with Gasteiger partial charge in [0.15, 0.2) is 0 Å². The average Bonchev–Trinajstić information content (AvgIpc) is 3.30. The quantitative estimate of drug-likeness (QED) is 0.223. The maximum atomic E-state index is 13.4. The maximum absolute atomic E-state index is 13.4. The van der Waals surface area contributed by atoms with Crippen LogP contribution < -0.4 is 16.4 Å². The number of carboxylic acids is 2. The summed E-state index contributed by atoms with van der Waals surface area (Å²) in [5.74, 6) is -4.50. The molecule has 0 radical (unpaired) electrons. The molecular weight excluding hydrogens is 472 g/mol. The highest BCUT2D eigenvalue weighted by Crippen LogP contribution is 2.21. The van der Waals surface area contributed by atoms with Crippen molar-refractivity contribution in [1.82, 2.24) is 15.5 Å². The minimum Gasteiger partial charge on any atom is -0.508 e. The molecule has 1 aliphatic rings. The second kappa shape index (κ2) is 12.9. The van der Waals surface area contributed by atoms with E-state index in [9.17, 15) is 34.2 Å². The first kappa shape index (κ1) is 28.6. The van der Waals surface area contributed by atoms with Crippen molar-refractivity contribution < 1.29 is 39.3 Å². The normalized spacial score (nSPS) is 17.8. The fraction of sp³-hybridized carbons (Fsp3) is 0.542. The number of rotatable bonds is 12. The van der Waals surface area contributed by atoms with Crippen LogP contribution >= 0.6 is 0 Å². The number of carbonyl (C=O) groups is 5. The summed E-state index contributed by atoms with van der Waals surface area (Å²) in [6.07, 6.45) is 0.279. The topological polar surface area (TPSA) is 199 Å². The molecular formula is C24H34N4O8. The van der Waals surface area contributed by atoms with E-state index in [0.717, 1.165) is 5.56 Å². The van der Waals surface area contributed by atoms with Crippen molar-refractivity contribution in [3.8, 4) is 5.75 Å². The number of carboxylic acid groups (broad SMARTS) is 2. The second-order valence-corrected chi connectivity index (χ2v) is 9.23. The minimum absolute atomic E-state index is 0.0861. The monoisotopic (exact) mass is 506 g/mol. The van der Waals surface area contributed by atoms with Gasteiger partial charge in [0.2, 0.25) is 17.7 Å². The number of hydrogen-bond donors (Lipinski definition) is 6. The van der Waals surface area contributed by atoms with E-state index >= 15 is 0 Å². The zero-order chi connectivity index (χ0) is 27.0. The van der Waals surface area contributed by atoms with E-state index in [1.807, 2.05) is 0 Å². The maximum Gasteiger partial charge on any atom is 0.326 e. The van der Waals surface area contributed by atoms with Gasteiger partial charge in [-0.3, -0.25) is 19.2 Å². The summed E-state index contributed by atoms with van der Waals surface area (Å²) in [6, 6.07) is 2.00. The largest absolute Gasteiger partial charge is 0.508 e. The Morgan fingerprint density at radius 1 is 1.08 bits per heavy atom. The highest BCUT2D eigenvalue weighted by molar-refractivity contribution is 5.94. The standard InChI is InChI=1S/C24H34N4O8/c1-13(2)20(27-21(32)16(25)12-14-5-7-15(29)8-6-14)23(34)28-11-3-4-18(28)22(33)26-17(24(35)36)9-10-19(30)31/h5-8,13,16-18,20,29H,3-4,9-12,25H2,1-2H3,(H,26,33)(H,27,32)(H,30,31)(H,35,36). The van der Waals surface area contributed by atoms with Crippen LogP contribution in [0.3, 0.4) is 0 Å². The van der Waals surface area contributed by atoms with Crippen molar-refractivity contribution in [3.63, 3.8) is 0 Å². The van der Waals surface area contributed by atoms with Crippen molar-refractivity contribution in [2.24, 2.45) is 11.7 Å². The molecule has 1 heterocycles. The Labute approximate surface area is 208 Å². The predicted octanol–water partition coefficient (Wildman–Crippen LogP) is -0.172. The molecule has 0 bridgehead atoms. The molecule has 2 rings (SSSR count). The lowest BCUT2D eigenvalue weighted by Gasteiger charge is -2.31. The molecule has 1 saturated heterocycles. The highest BCUT2D eigenvalue weighted by atomic mass is 16.4. The summed E-state index contributed by atoms with van der Waals surface area (Å²) < 4.78 is 0. The molecule has 7 N–H and O–H groups in total. The molecule has 4 atom stereocenters. The highest BCUT2D eigenvalue weighted by Gasteiger charge is 2.40. The fourth-order valence-electron chi connectivity index (χ4n) is 4.03. The Kier molecular flexibility index (Phi) is 10.2. The van der Waals surface area contributed by atoms with E-state index in [1.165, 1.54) is 17.0 Å². The van der Waals surface area contributed by atoms with Crippen LogP contribution in [0.2, 0.25) is 0 Å². The number of phenolic OH excluding ortho intramolecular Hbond substituents is 1. The number of nitrogens with two attached hydrogens (primary N) is 1. The van der Waals surface area contributed by atoms with E-state index in [0.29, 0.717) is 12.8 Å². The molecule has 12 heteroatoms. The number of aromatic hydroxyl groups is 1. The number of benzene rings is 1. The van der Waals surface area contributed by atoms with E-state index in [-0.39, 0.29) is 31.1 Å². The smallest absolute Gasteiger partial charge is 0.326 e. The van der Waals surface area contributed by atoms with Crippen LogP contribution in [-0.2, 0) is 30.4 Å². The summed E-state index contributed by atoms with van der Waals surface area (Å²) in [7, 11) is 0. The summed E-state index contributed by atoms with van der Waals surface area (Å²) in [5, 5.41) is 32.5. The van der Waals surface area contributed by atoms with Gasteiger partial charge in [-0.1, -0.05) is 26.0 Å². The first-order valence-electron chi connectivity index (χ1n) is 11.8. The lowest BCUT2D eigenvalue weighted by Crippen LogP contribution is -2.58. The Morgan fingerprint density at radius 2 is 1.72 bits per heavy atom. The van der Waals surface area contributed by atoms with Gasteiger partial charge in [-0.05, 0) is 49.3 Å².